The minimum atomic E-state index is -4.06. The lowest BCUT2D eigenvalue weighted by molar-refractivity contribution is -0.147. The molecule has 1 unspecified atom stereocenters. The highest BCUT2D eigenvalue weighted by Crippen LogP contribution is 2.30. The highest BCUT2D eigenvalue weighted by atomic mass is 19.4. The first-order valence-corrected chi connectivity index (χ1v) is 6.46. The van der Waals surface area contributed by atoms with Gasteiger partial charge in [0, 0.05) is 12.1 Å². The molecule has 1 rings (SSSR count). The van der Waals surface area contributed by atoms with E-state index in [4.69, 9.17) is 0 Å². The van der Waals surface area contributed by atoms with Crippen molar-refractivity contribution in [3.05, 3.63) is 0 Å². The number of halogens is 3. The number of hydrogen-bond acceptors (Lipinski definition) is 2. The minimum Gasteiger partial charge on any atom is -0.315 e. The van der Waals surface area contributed by atoms with Crippen LogP contribution in [0.15, 0.2) is 0 Å². The van der Waals surface area contributed by atoms with Gasteiger partial charge in [0.1, 0.15) is 0 Å². The van der Waals surface area contributed by atoms with Gasteiger partial charge in [-0.3, -0.25) is 4.90 Å². The zero-order chi connectivity index (χ0) is 12.9. The predicted octanol–water partition coefficient (Wildman–Crippen LogP) is 2.79. The summed E-state index contributed by atoms with van der Waals surface area (Å²) in [6.07, 6.45) is -0.427. The fraction of sp³-hybridized carbons (Fsp3) is 1.00. The van der Waals surface area contributed by atoms with Gasteiger partial charge in [-0.2, -0.15) is 13.2 Å². The van der Waals surface area contributed by atoms with Crippen LogP contribution in [0.2, 0.25) is 0 Å². The molecule has 0 aromatic heterocycles. The summed E-state index contributed by atoms with van der Waals surface area (Å²) in [4.78, 5) is 1.60. The molecule has 1 aliphatic rings. The largest absolute Gasteiger partial charge is 0.401 e. The molecule has 17 heavy (non-hydrogen) atoms. The summed E-state index contributed by atoms with van der Waals surface area (Å²) in [6, 6.07) is 0.581. The van der Waals surface area contributed by atoms with E-state index in [1.165, 1.54) is 0 Å². The molecule has 0 amide bonds. The summed E-state index contributed by atoms with van der Waals surface area (Å²) in [7, 11) is 0. The smallest absolute Gasteiger partial charge is 0.315 e. The van der Waals surface area contributed by atoms with Gasteiger partial charge in [0.2, 0.25) is 0 Å². The fourth-order valence-electron chi connectivity index (χ4n) is 2.11. The Bertz CT molecular complexity index is 214. The molecule has 2 nitrogen and oxygen atoms in total. The van der Waals surface area contributed by atoms with Crippen molar-refractivity contribution in [1.29, 1.82) is 0 Å². The van der Waals surface area contributed by atoms with E-state index in [0.717, 1.165) is 32.2 Å². The van der Waals surface area contributed by atoms with Crippen molar-refractivity contribution in [1.82, 2.24) is 10.2 Å². The molecule has 5 heteroatoms. The maximum atomic E-state index is 12.3. The molecule has 1 saturated carbocycles. The van der Waals surface area contributed by atoms with Gasteiger partial charge in [0.25, 0.3) is 0 Å². The van der Waals surface area contributed by atoms with Gasteiger partial charge in [-0.05, 0) is 45.7 Å². The lowest BCUT2D eigenvalue weighted by atomic mass is 10.1. The average molecular weight is 252 g/mol. The van der Waals surface area contributed by atoms with Crippen molar-refractivity contribution < 1.29 is 13.2 Å². The van der Waals surface area contributed by atoms with Gasteiger partial charge >= 0.3 is 6.18 Å². The van der Waals surface area contributed by atoms with Crippen LogP contribution < -0.4 is 5.32 Å². The molecular weight excluding hydrogens is 229 g/mol. The monoisotopic (exact) mass is 252 g/mol. The molecule has 0 saturated heterocycles. The van der Waals surface area contributed by atoms with Crippen molar-refractivity contribution >= 4 is 0 Å². The number of hydrogen-bond donors (Lipinski definition) is 1. The number of alkyl halides is 3. The zero-order valence-electron chi connectivity index (χ0n) is 10.7. The van der Waals surface area contributed by atoms with E-state index in [0.29, 0.717) is 12.6 Å². The third-order valence-electron chi connectivity index (χ3n) is 3.08. The number of nitrogens with one attached hydrogen (secondary N) is 1. The van der Waals surface area contributed by atoms with Crippen LogP contribution in [0.4, 0.5) is 13.2 Å². The standard InChI is InChI=1S/C12H23F3N2/c1-3-16-10(2)5-4-8-17(11-6-7-11)9-12(13,14)15/h10-11,16H,3-9H2,1-2H3. The molecule has 0 radical (unpaired) electrons. The van der Waals surface area contributed by atoms with Gasteiger partial charge < -0.3 is 5.32 Å². The third-order valence-corrected chi connectivity index (χ3v) is 3.08. The van der Waals surface area contributed by atoms with Crippen LogP contribution in [0.25, 0.3) is 0 Å². The Morgan fingerprint density at radius 3 is 2.47 bits per heavy atom. The molecule has 1 N–H and O–H groups in total. The summed E-state index contributed by atoms with van der Waals surface area (Å²) in [6.45, 7) is 4.86. The molecule has 0 aromatic rings. The van der Waals surface area contributed by atoms with E-state index in [9.17, 15) is 13.2 Å². The molecular formula is C12H23F3N2. The van der Waals surface area contributed by atoms with E-state index in [1.54, 1.807) is 4.90 Å². The second-order valence-corrected chi connectivity index (χ2v) is 4.92. The van der Waals surface area contributed by atoms with Crippen molar-refractivity contribution in [3.8, 4) is 0 Å². The molecule has 1 aliphatic carbocycles. The summed E-state index contributed by atoms with van der Waals surface area (Å²) in [5, 5.41) is 3.27. The number of nitrogens with zero attached hydrogens (tertiary/aromatic N) is 1. The van der Waals surface area contributed by atoms with Gasteiger partial charge in [-0.25, -0.2) is 0 Å². The molecule has 102 valence electrons. The van der Waals surface area contributed by atoms with Gasteiger partial charge in [0.15, 0.2) is 0 Å². The summed E-state index contributed by atoms with van der Waals surface area (Å²) < 4.78 is 37.0. The van der Waals surface area contributed by atoms with Gasteiger partial charge in [0.05, 0.1) is 6.54 Å². The van der Waals surface area contributed by atoms with E-state index < -0.39 is 12.7 Å². The molecule has 1 fully saturated rings. The Kier molecular flexibility index (Phi) is 5.73. The van der Waals surface area contributed by atoms with Gasteiger partial charge in [-0.15, -0.1) is 0 Å². The molecule has 0 heterocycles. The lowest BCUT2D eigenvalue weighted by Crippen LogP contribution is -2.37. The maximum absolute atomic E-state index is 12.3. The van der Waals surface area contributed by atoms with Crippen LogP contribution in [0, 0.1) is 0 Å². The normalized spacial score (nSPS) is 18.7. The van der Waals surface area contributed by atoms with Crippen LogP contribution in [0.1, 0.15) is 39.5 Å². The highest BCUT2D eigenvalue weighted by molar-refractivity contribution is 4.85. The first-order chi connectivity index (χ1) is 7.92. The second kappa shape index (κ2) is 6.59. The van der Waals surface area contributed by atoms with E-state index in [1.807, 2.05) is 6.92 Å². The minimum absolute atomic E-state index is 0.186. The van der Waals surface area contributed by atoms with Crippen molar-refractivity contribution in [2.45, 2.75) is 57.8 Å². The predicted molar refractivity (Wildman–Crippen MR) is 63.0 cm³/mol. The summed E-state index contributed by atoms with van der Waals surface area (Å²) in [5.41, 5.74) is 0. The molecule has 1 atom stereocenters. The number of rotatable bonds is 8. The first-order valence-electron chi connectivity index (χ1n) is 6.46. The van der Waals surface area contributed by atoms with Crippen LogP contribution >= 0.6 is 0 Å². The fourth-order valence-corrected chi connectivity index (χ4v) is 2.11. The van der Waals surface area contributed by atoms with Crippen LogP contribution in [0.5, 0.6) is 0 Å². The Morgan fingerprint density at radius 1 is 1.35 bits per heavy atom. The van der Waals surface area contributed by atoms with Crippen LogP contribution in [0.3, 0.4) is 0 Å². The van der Waals surface area contributed by atoms with Crippen LogP contribution in [-0.2, 0) is 0 Å². The van der Waals surface area contributed by atoms with E-state index in [2.05, 4.69) is 12.2 Å². The molecule has 0 aromatic carbocycles. The quantitative estimate of drug-likeness (QED) is 0.714. The van der Waals surface area contributed by atoms with Crippen molar-refractivity contribution in [2.24, 2.45) is 0 Å². The molecule has 0 bridgehead atoms. The van der Waals surface area contributed by atoms with Crippen molar-refractivity contribution in [3.63, 3.8) is 0 Å². The zero-order valence-corrected chi connectivity index (χ0v) is 10.7. The van der Waals surface area contributed by atoms with E-state index in [-0.39, 0.29) is 6.04 Å². The molecule has 0 spiro atoms. The third kappa shape index (κ3) is 6.88. The van der Waals surface area contributed by atoms with E-state index >= 15 is 0 Å². The second-order valence-electron chi connectivity index (χ2n) is 4.92. The van der Waals surface area contributed by atoms with Gasteiger partial charge in [-0.1, -0.05) is 6.92 Å². The maximum Gasteiger partial charge on any atom is 0.401 e. The lowest BCUT2D eigenvalue weighted by Gasteiger charge is -2.24. The Hall–Kier alpha value is -0.290. The molecule has 0 aliphatic heterocycles. The summed E-state index contributed by atoms with van der Waals surface area (Å²) in [5.74, 6) is 0. The van der Waals surface area contributed by atoms with Crippen molar-refractivity contribution in [2.75, 3.05) is 19.6 Å². The van der Waals surface area contributed by atoms with Crippen LogP contribution in [-0.4, -0.2) is 42.8 Å². The highest BCUT2D eigenvalue weighted by Gasteiger charge is 2.37. The Balaban J connectivity index is 2.21. The SMILES string of the molecule is CCNC(C)CCCN(CC(F)(F)F)C1CC1. The average Bonchev–Trinajstić information content (AvgIpc) is 2.97. The summed E-state index contributed by atoms with van der Waals surface area (Å²) >= 11 is 0. The first kappa shape index (κ1) is 14.8. The Labute approximate surface area is 102 Å². The topological polar surface area (TPSA) is 15.3 Å². The Morgan fingerprint density at radius 2 is 2.00 bits per heavy atom.